The van der Waals surface area contributed by atoms with Crippen molar-refractivity contribution in [1.29, 1.82) is 5.41 Å². The molecule has 0 radical (unpaired) electrons. The van der Waals surface area contributed by atoms with Crippen LogP contribution in [0.15, 0.2) is 60.9 Å². The molecule has 3 N–H and O–H groups in total. The number of nitrogens with one attached hydrogen (secondary N) is 1. The molecule has 3 aromatic rings. The first-order valence-corrected chi connectivity index (χ1v) is 7.22. The van der Waals surface area contributed by atoms with Crippen LogP contribution < -0.4 is 5.73 Å². The van der Waals surface area contributed by atoms with Crippen LogP contribution in [0.4, 0.5) is 0 Å². The van der Waals surface area contributed by atoms with Crippen molar-refractivity contribution in [3.63, 3.8) is 0 Å². The summed E-state index contributed by atoms with van der Waals surface area (Å²) >= 11 is 6.06. The molecule has 0 aliphatic heterocycles. The van der Waals surface area contributed by atoms with E-state index in [1.165, 1.54) is 0 Å². The van der Waals surface area contributed by atoms with Crippen molar-refractivity contribution in [3.05, 3.63) is 77.1 Å². The highest BCUT2D eigenvalue weighted by Gasteiger charge is 2.07. The second kappa shape index (κ2) is 6.03. The summed E-state index contributed by atoms with van der Waals surface area (Å²) in [6, 6.07) is 15.3. The van der Waals surface area contributed by atoms with Crippen LogP contribution in [0.5, 0.6) is 0 Å². The molecule has 0 aliphatic carbocycles. The highest BCUT2D eigenvalue weighted by molar-refractivity contribution is 6.30. The zero-order valence-electron chi connectivity index (χ0n) is 11.8. The number of imidazole rings is 1. The number of rotatable bonds is 4. The number of hydrogen-bond acceptors (Lipinski definition) is 2. The Morgan fingerprint density at radius 3 is 2.77 bits per heavy atom. The van der Waals surface area contributed by atoms with Crippen LogP contribution in [-0.2, 0) is 6.54 Å². The van der Waals surface area contributed by atoms with Gasteiger partial charge in [-0.25, -0.2) is 4.98 Å². The van der Waals surface area contributed by atoms with Crippen LogP contribution in [0.2, 0.25) is 5.02 Å². The molecule has 5 heteroatoms. The van der Waals surface area contributed by atoms with Crippen molar-refractivity contribution >= 4 is 17.4 Å². The third-order valence-electron chi connectivity index (χ3n) is 3.39. The molecule has 1 aromatic heterocycles. The second-order valence-electron chi connectivity index (χ2n) is 5.00. The fourth-order valence-electron chi connectivity index (χ4n) is 2.36. The fourth-order valence-corrected chi connectivity index (χ4v) is 2.55. The van der Waals surface area contributed by atoms with E-state index < -0.39 is 0 Å². The first-order chi connectivity index (χ1) is 10.6. The zero-order chi connectivity index (χ0) is 15.5. The molecule has 1 heterocycles. The molecular weight excluding hydrogens is 296 g/mol. The molecule has 22 heavy (non-hydrogen) atoms. The molecule has 0 bridgehead atoms. The minimum Gasteiger partial charge on any atom is -0.384 e. The Balaban J connectivity index is 1.93. The number of benzene rings is 2. The average molecular weight is 311 g/mol. The SMILES string of the molecule is N=C(N)c1cccc(Cn2ccnc2-c2cccc(Cl)c2)c1. The monoisotopic (exact) mass is 310 g/mol. The normalized spacial score (nSPS) is 10.6. The van der Waals surface area contributed by atoms with Gasteiger partial charge in [0, 0.05) is 35.1 Å². The lowest BCUT2D eigenvalue weighted by atomic mass is 10.1. The number of nitrogens with zero attached hydrogens (tertiary/aromatic N) is 2. The summed E-state index contributed by atoms with van der Waals surface area (Å²) in [5.74, 6) is 0.929. The minimum absolute atomic E-state index is 0.0718. The highest BCUT2D eigenvalue weighted by Crippen LogP contribution is 2.22. The van der Waals surface area contributed by atoms with Crippen molar-refractivity contribution < 1.29 is 0 Å². The van der Waals surface area contributed by atoms with Crippen molar-refractivity contribution in [2.24, 2.45) is 5.73 Å². The van der Waals surface area contributed by atoms with Gasteiger partial charge in [0.25, 0.3) is 0 Å². The number of amidine groups is 1. The molecule has 0 amide bonds. The van der Waals surface area contributed by atoms with Gasteiger partial charge in [0.1, 0.15) is 11.7 Å². The Morgan fingerprint density at radius 2 is 2.00 bits per heavy atom. The Hall–Kier alpha value is -2.59. The van der Waals surface area contributed by atoms with Gasteiger partial charge in [-0.2, -0.15) is 0 Å². The minimum atomic E-state index is 0.0718. The molecule has 0 spiro atoms. The maximum Gasteiger partial charge on any atom is 0.140 e. The van der Waals surface area contributed by atoms with Gasteiger partial charge in [0.2, 0.25) is 0 Å². The van der Waals surface area contributed by atoms with Crippen LogP contribution in [0.3, 0.4) is 0 Å². The number of nitrogens with two attached hydrogens (primary N) is 1. The van der Waals surface area contributed by atoms with Crippen LogP contribution in [0.25, 0.3) is 11.4 Å². The Morgan fingerprint density at radius 1 is 1.18 bits per heavy atom. The molecule has 0 atom stereocenters. The van der Waals surface area contributed by atoms with Gasteiger partial charge in [-0.1, -0.05) is 41.9 Å². The molecule has 0 saturated heterocycles. The summed E-state index contributed by atoms with van der Waals surface area (Å²) in [6.45, 7) is 0.656. The van der Waals surface area contributed by atoms with E-state index in [-0.39, 0.29) is 5.84 Å². The zero-order valence-corrected chi connectivity index (χ0v) is 12.6. The summed E-state index contributed by atoms with van der Waals surface area (Å²) in [5, 5.41) is 8.21. The van der Waals surface area contributed by atoms with Crippen LogP contribution in [0.1, 0.15) is 11.1 Å². The Labute approximate surface area is 133 Å². The van der Waals surface area contributed by atoms with E-state index in [0.717, 1.165) is 22.5 Å². The lowest BCUT2D eigenvalue weighted by Crippen LogP contribution is -2.11. The number of halogens is 1. The van der Waals surface area contributed by atoms with Gasteiger partial charge in [-0.15, -0.1) is 0 Å². The van der Waals surface area contributed by atoms with E-state index >= 15 is 0 Å². The largest absolute Gasteiger partial charge is 0.384 e. The smallest absolute Gasteiger partial charge is 0.140 e. The summed E-state index contributed by atoms with van der Waals surface area (Å²) in [7, 11) is 0. The first-order valence-electron chi connectivity index (χ1n) is 6.84. The Kier molecular flexibility index (Phi) is 3.94. The third kappa shape index (κ3) is 3.02. The molecule has 4 nitrogen and oxygen atoms in total. The van der Waals surface area contributed by atoms with Gasteiger partial charge < -0.3 is 10.3 Å². The van der Waals surface area contributed by atoms with Crippen LogP contribution >= 0.6 is 11.6 Å². The molecule has 0 aliphatic rings. The van der Waals surface area contributed by atoms with Crippen molar-refractivity contribution in [1.82, 2.24) is 9.55 Å². The average Bonchev–Trinajstić information content (AvgIpc) is 2.95. The van der Waals surface area contributed by atoms with Gasteiger partial charge in [-0.3, -0.25) is 5.41 Å². The molecule has 0 fully saturated rings. The van der Waals surface area contributed by atoms with E-state index in [4.69, 9.17) is 22.7 Å². The number of nitrogen functional groups attached to an aromatic ring is 1. The van der Waals surface area contributed by atoms with E-state index in [2.05, 4.69) is 4.98 Å². The fraction of sp³-hybridized carbons (Fsp3) is 0.0588. The van der Waals surface area contributed by atoms with Crippen LogP contribution in [-0.4, -0.2) is 15.4 Å². The quantitative estimate of drug-likeness (QED) is 0.571. The van der Waals surface area contributed by atoms with Gasteiger partial charge in [0.05, 0.1) is 0 Å². The summed E-state index contributed by atoms with van der Waals surface area (Å²) < 4.78 is 2.05. The van der Waals surface area contributed by atoms with Crippen molar-refractivity contribution in [3.8, 4) is 11.4 Å². The molecule has 110 valence electrons. The van der Waals surface area contributed by atoms with Gasteiger partial charge in [-0.05, 0) is 23.8 Å². The van der Waals surface area contributed by atoms with Gasteiger partial charge in [0.15, 0.2) is 0 Å². The predicted octanol–water partition coefficient (Wildman–Crippen LogP) is 3.54. The lowest BCUT2D eigenvalue weighted by Gasteiger charge is -2.09. The number of aromatic nitrogens is 2. The summed E-state index contributed by atoms with van der Waals surface area (Å²) in [5.41, 5.74) is 8.30. The molecule has 0 saturated carbocycles. The number of hydrogen-bond donors (Lipinski definition) is 2. The van der Waals surface area contributed by atoms with Crippen LogP contribution in [0, 0.1) is 5.41 Å². The highest BCUT2D eigenvalue weighted by atomic mass is 35.5. The van der Waals surface area contributed by atoms with E-state index in [0.29, 0.717) is 11.6 Å². The van der Waals surface area contributed by atoms with Crippen molar-refractivity contribution in [2.45, 2.75) is 6.54 Å². The lowest BCUT2D eigenvalue weighted by molar-refractivity contribution is 0.807. The second-order valence-corrected chi connectivity index (χ2v) is 5.44. The molecule has 2 aromatic carbocycles. The Bertz CT molecular complexity index is 823. The first kappa shape index (κ1) is 14.4. The third-order valence-corrected chi connectivity index (χ3v) is 3.62. The van der Waals surface area contributed by atoms with E-state index in [1.54, 1.807) is 6.20 Å². The maximum atomic E-state index is 7.53. The van der Waals surface area contributed by atoms with E-state index in [1.807, 2.05) is 59.3 Å². The van der Waals surface area contributed by atoms with Crippen molar-refractivity contribution in [2.75, 3.05) is 0 Å². The topological polar surface area (TPSA) is 67.7 Å². The molecular formula is C17H15ClN4. The standard InChI is InChI=1S/C17H15ClN4/c18-15-6-2-5-14(10-15)17-21-7-8-22(17)11-12-3-1-4-13(9-12)16(19)20/h1-10H,11H2,(H3,19,20). The maximum absolute atomic E-state index is 7.53. The molecule has 0 unspecified atom stereocenters. The van der Waals surface area contributed by atoms with Gasteiger partial charge >= 0.3 is 0 Å². The summed E-state index contributed by atoms with van der Waals surface area (Å²) in [6.07, 6.45) is 3.70. The summed E-state index contributed by atoms with van der Waals surface area (Å²) in [4.78, 5) is 4.42. The predicted molar refractivity (Wildman–Crippen MR) is 89.2 cm³/mol. The van der Waals surface area contributed by atoms with E-state index in [9.17, 15) is 0 Å². The molecule has 3 rings (SSSR count).